The fourth-order valence-corrected chi connectivity index (χ4v) is 6.56. The van der Waals surface area contributed by atoms with Gasteiger partial charge in [-0.15, -0.1) is 0 Å². The molecule has 1 fully saturated rings. The van der Waals surface area contributed by atoms with Crippen molar-refractivity contribution in [2.24, 2.45) is 11.8 Å². The summed E-state index contributed by atoms with van der Waals surface area (Å²) in [6, 6.07) is 19.1. The summed E-state index contributed by atoms with van der Waals surface area (Å²) >= 11 is 0. The van der Waals surface area contributed by atoms with Crippen LogP contribution >= 0.6 is 0 Å². The summed E-state index contributed by atoms with van der Waals surface area (Å²) in [4.78, 5) is 17.8. The van der Waals surface area contributed by atoms with E-state index in [1.54, 1.807) is 12.3 Å². The molecule has 3 aromatic rings. The minimum absolute atomic E-state index is 0.00282. The predicted octanol–water partition coefficient (Wildman–Crippen LogP) is 4.28. The Morgan fingerprint density at radius 3 is 2.34 bits per heavy atom. The molecule has 4 rings (SSSR count). The van der Waals surface area contributed by atoms with Crippen LogP contribution in [0.5, 0.6) is 5.75 Å². The molecule has 8 heteroatoms. The quantitative estimate of drug-likeness (QED) is 0.531. The Morgan fingerprint density at radius 1 is 1.03 bits per heavy atom. The maximum atomic E-state index is 13.6. The topological polar surface area (TPSA) is 88.6 Å². The second kappa shape index (κ2) is 10.6. The molecule has 3 unspecified atom stereocenters. The minimum atomic E-state index is -3.84. The van der Waals surface area contributed by atoms with E-state index in [1.165, 1.54) is 23.5 Å². The van der Waals surface area contributed by atoms with E-state index in [1.807, 2.05) is 48.5 Å². The number of carbonyl (C=O) groups excluding carboxylic acids is 1. The highest BCUT2D eigenvalue weighted by Gasteiger charge is 2.34. The highest BCUT2D eigenvalue weighted by molar-refractivity contribution is 7.89. The van der Waals surface area contributed by atoms with E-state index in [0.717, 1.165) is 12.0 Å². The van der Waals surface area contributed by atoms with Gasteiger partial charge in [-0.2, -0.15) is 4.31 Å². The van der Waals surface area contributed by atoms with Gasteiger partial charge in [0.15, 0.2) is 0 Å². The average molecular weight is 494 g/mol. The Labute approximate surface area is 207 Å². The number of nitrogens with zero attached hydrogens (tertiary/aromatic N) is 2. The smallest absolute Gasteiger partial charge is 0.252 e. The third-order valence-corrected chi connectivity index (χ3v) is 8.12. The van der Waals surface area contributed by atoms with Crippen LogP contribution in [-0.2, 0) is 10.0 Å². The number of benzene rings is 2. The lowest BCUT2D eigenvalue weighted by Crippen LogP contribution is -2.42. The third kappa shape index (κ3) is 5.55. The van der Waals surface area contributed by atoms with Crippen LogP contribution in [0.2, 0.25) is 0 Å². The van der Waals surface area contributed by atoms with Gasteiger partial charge < -0.3 is 10.1 Å². The van der Waals surface area contributed by atoms with E-state index in [-0.39, 0.29) is 28.0 Å². The molecule has 2 aromatic carbocycles. The zero-order valence-corrected chi connectivity index (χ0v) is 21.0. The van der Waals surface area contributed by atoms with Gasteiger partial charge in [0.05, 0.1) is 18.8 Å². The minimum Gasteiger partial charge on any atom is -0.495 e. The van der Waals surface area contributed by atoms with Crippen molar-refractivity contribution < 1.29 is 17.9 Å². The number of aromatic nitrogens is 1. The van der Waals surface area contributed by atoms with Crippen molar-refractivity contribution in [3.8, 4) is 5.75 Å². The zero-order valence-electron chi connectivity index (χ0n) is 20.2. The number of rotatable bonds is 7. The van der Waals surface area contributed by atoms with E-state index in [2.05, 4.69) is 24.1 Å². The lowest BCUT2D eigenvalue weighted by atomic mass is 9.94. The Balaban J connectivity index is 1.67. The Morgan fingerprint density at radius 2 is 1.71 bits per heavy atom. The van der Waals surface area contributed by atoms with Crippen LogP contribution in [0.15, 0.2) is 77.8 Å². The zero-order chi connectivity index (χ0) is 25.0. The van der Waals surface area contributed by atoms with E-state index in [0.29, 0.717) is 18.8 Å². The number of ether oxygens (including phenoxy) is 1. The molecule has 1 N–H and O–H groups in total. The maximum absolute atomic E-state index is 13.6. The summed E-state index contributed by atoms with van der Waals surface area (Å²) in [6.45, 7) is 5.01. The molecule has 0 saturated carbocycles. The lowest BCUT2D eigenvalue weighted by Gasteiger charge is -2.34. The number of piperidine rings is 1. The molecule has 0 aliphatic carbocycles. The van der Waals surface area contributed by atoms with Gasteiger partial charge in [0.2, 0.25) is 10.0 Å². The summed E-state index contributed by atoms with van der Waals surface area (Å²) < 4.78 is 34.1. The molecule has 3 atom stereocenters. The summed E-state index contributed by atoms with van der Waals surface area (Å²) in [5, 5.41) is 3.03. The second-order valence-electron chi connectivity index (χ2n) is 9.21. The number of hydrogen-bond acceptors (Lipinski definition) is 5. The van der Waals surface area contributed by atoms with E-state index >= 15 is 0 Å². The molecule has 0 spiro atoms. The van der Waals surface area contributed by atoms with Gasteiger partial charge in [-0.1, -0.05) is 50.2 Å². The monoisotopic (exact) mass is 493 g/mol. The SMILES string of the molecule is COc1ccc(C(=O)NC(c2ccccc2)c2ccccn2)cc1S(=O)(=O)N1CC(C)CC(C)C1. The molecule has 1 aliphatic rings. The van der Waals surface area contributed by atoms with Crippen molar-refractivity contribution >= 4 is 15.9 Å². The summed E-state index contributed by atoms with van der Waals surface area (Å²) in [5.41, 5.74) is 1.79. The number of amides is 1. The first-order valence-corrected chi connectivity index (χ1v) is 13.2. The molecule has 1 amide bonds. The fourth-order valence-electron chi connectivity index (χ4n) is 4.70. The van der Waals surface area contributed by atoms with E-state index in [9.17, 15) is 13.2 Å². The van der Waals surface area contributed by atoms with Gasteiger partial charge >= 0.3 is 0 Å². The van der Waals surface area contributed by atoms with Crippen molar-refractivity contribution in [1.29, 1.82) is 0 Å². The van der Waals surface area contributed by atoms with Gasteiger partial charge in [-0.3, -0.25) is 9.78 Å². The van der Waals surface area contributed by atoms with E-state index in [4.69, 9.17) is 4.74 Å². The third-order valence-electron chi connectivity index (χ3n) is 6.27. The number of pyridine rings is 1. The molecular weight excluding hydrogens is 462 g/mol. The molecule has 1 aliphatic heterocycles. The summed E-state index contributed by atoms with van der Waals surface area (Å²) in [5.74, 6) is 0.341. The maximum Gasteiger partial charge on any atom is 0.252 e. The molecule has 1 saturated heterocycles. The van der Waals surface area contributed by atoms with Gasteiger partial charge in [0.1, 0.15) is 10.6 Å². The van der Waals surface area contributed by atoms with Crippen LogP contribution in [0.4, 0.5) is 0 Å². The first kappa shape index (κ1) is 24.9. The van der Waals surface area contributed by atoms with Crippen LogP contribution in [-0.4, -0.2) is 43.8 Å². The van der Waals surface area contributed by atoms with Crippen LogP contribution in [0.25, 0.3) is 0 Å². The molecule has 0 bridgehead atoms. The van der Waals surface area contributed by atoms with Gasteiger partial charge in [0.25, 0.3) is 5.91 Å². The summed E-state index contributed by atoms with van der Waals surface area (Å²) in [7, 11) is -2.41. The normalized spacial score (nSPS) is 19.6. The van der Waals surface area contributed by atoms with Crippen molar-refractivity contribution in [3.05, 3.63) is 89.7 Å². The first-order chi connectivity index (χ1) is 16.8. The molecule has 35 heavy (non-hydrogen) atoms. The lowest BCUT2D eigenvalue weighted by molar-refractivity contribution is 0.0942. The summed E-state index contributed by atoms with van der Waals surface area (Å²) in [6.07, 6.45) is 2.66. The highest BCUT2D eigenvalue weighted by Crippen LogP contribution is 2.32. The van der Waals surface area contributed by atoms with Crippen LogP contribution in [0.1, 0.15) is 47.9 Å². The van der Waals surface area contributed by atoms with Crippen molar-refractivity contribution in [2.75, 3.05) is 20.2 Å². The number of carbonyl (C=O) groups is 1. The highest BCUT2D eigenvalue weighted by atomic mass is 32.2. The van der Waals surface area contributed by atoms with Crippen molar-refractivity contribution in [1.82, 2.24) is 14.6 Å². The molecule has 7 nitrogen and oxygen atoms in total. The van der Waals surface area contributed by atoms with Crippen LogP contribution in [0, 0.1) is 11.8 Å². The van der Waals surface area contributed by atoms with E-state index < -0.39 is 22.0 Å². The number of nitrogens with one attached hydrogen (secondary N) is 1. The molecule has 2 heterocycles. The largest absolute Gasteiger partial charge is 0.495 e. The van der Waals surface area contributed by atoms with Crippen LogP contribution in [0.3, 0.4) is 0 Å². The number of hydrogen-bond donors (Lipinski definition) is 1. The van der Waals surface area contributed by atoms with Gasteiger partial charge in [0, 0.05) is 24.8 Å². The molecule has 184 valence electrons. The second-order valence-corrected chi connectivity index (χ2v) is 11.1. The number of sulfonamides is 1. The Kier molecular flexibility index (Phi) is 7.52. The van der Waals surface area contributed by atoms with Gasteiger partial charge in [-0.25, -0.2) is 8.42 Å². The average Bonchev–Trinajstić information content (AvgIpc) is 2.87. The van der Waals surface area contributed by atoms with Crippen molar-refractivity contribution in [2.45, 2.75) is 31.2 Å². The first-order valence-electron chi connectivity index (χ1n) is 11.7. The molecule has 0 radical (unpaired) electrons. The standard InChI is InChI=1S/C27H31N3O4S/c1-19-15-20(2)18-30(17-19)35(32,33)25-16-22(12-13-24(25)34-3)27(31)29-26(21-9-5-4-6-10-21)23-11-7-8-14-28-23/h4-14,16,19-20,26H,15,17-18H2,1-3H3,(H,29,31). The van der Waals surface area contributed by atoms with Crippen LogP contribution < -0.4 is 10.1 Å². The predicted molar refractivity (Wildman–Crippen MR) is 135 cm³/mol. The molecule has 1 aromatic heterocycles. The number of methoxy groups -OCH3 is 1. The Bertz CT molecular complexity index is 1220. The molecular formula is C27H31N3O4S. The Hall–Kier alpha value is -3.23. The van der Waals surface area contributed by atoms with Crippen molar-refractivity contribution in [3.63, 3.8) is 0 Å². The fraction of sp³-hybridized carbons (Fsp3) is 0.333. The van der Waals surface area contributed by atoms with Gasteiger partial charge in [-0.05, 0) is 54.2 Å².